The van der Waals surface area contributed by atoms with Crippen molar-refractivity contribution in [3.8, 4) is 0 Å². The lowest BCUT2D eigenvalue weighted by molar-refractivity contribution is -0.143. The van der Waals surface area contributed by atoms with E-state index in [1.54, 1.807) is 6.20 Å². The first-order valence-electron chi connectivity index (χ1n) is 8.71. The Labute approximate surface area is 146 Å². The lowest BCUT2D eigenvalue weighted by atomic mass is 9.85. The summed E-state index contributed by atoms with van der Waals surface area (Å²) >= 11 is 0. The van der Waals surface area contributed by atoms with Gasteiger partial charge in [0.05, 0.1) is 11.8 Å². The number of pyridine rings is 1. The number of nitrogens with one attached hydrogen (secondary N) is 1. The summed E-state index contributed by atoms with van der Waals surface area (Å²) in [5.41, 5.74) is 0.816. The predicted octanol–water partition coefficient (Wildman–Crippen LogP) is 1.68. The lowest BCUT2D eigenvalue weighted by Gasteiger charge is -2.34. The third-order valence-corrected chi connectivity index (χ3v) is 5.37. The largest absolute Gasteiger partial charge is 0.481 e. The summed E-state index contributed by atoms with van der Waals surface area (Å²) in [6.07, 6.45) is 5.63. The summed E-state index contributed by atoms with van der Waals surface area (Å²) < 4.78 is 0. The number of piperidine rings is 1. The second-order valence-corrected chi connectivity index (χ2v) is 6.91. The molecule has 1 atom stereocenters. The van der Waals surface area contributed by atoms with Crippen LogP contribution >= 0.6 is 0 Å². The van der Waals surface area contributed by atoms with Gasteiger partial charge in [-0.2, -0.15) is 0 Å². The summed E-state index contributed by atoms with van der Waals surface area (Å²) in [6, 6.07) is 4.06. The quantitative estimate of drug-likeness (QED) is 0.806. The monoisotopic (exact) mass is 345 g/mol. The first-order valence-corrected chi connectivity index (χ1v) is 8.71. The van der Waals surface area contributed by atoms with Gasteiger partial charge in [0.25, 0.3) is 0 Å². The minimum Gasteiger partial charge on any atom is -0.481 e. The van der Waals surface area contributed by atoms with Crippen molar-refractivity contribution >= 4 is 23.6 Å². The molecular formula is C18H23N3O4. The van der Waals surface area contributed by atoms with E-state index in [9.17, 15) is 14.4 Å². The summed E-state index contributed by atoms with van der Waals surface area (Å²) in [6.45, 7) is 0. The molecule has 1 unspecified atom stereocenters. The lowest BCUT2D eigenvalue weighted by Crippen LogP contribution is -2.39. The van der Waals surface area contributed by atoms with Gasteiger partial charge in [-0.3, -0.25) is 19.7 Å². The van der Waals surface area contributed by atoms with Crippen molar-refractivity contribution in [1.29, 1.82) is 0 Å². The van der Waals surface area contributed by atoms with Crippen LogP contribution in [0.2, 0.25) is 0 Å². The molecule has 1 aromatic rings. The second kappa shape index (κ2) is 7.21. The second-order valence-electron chi connectivity index (χ2n) is 6.91. The van der Waals surface area contributed by atoms with Gasteiger partial charge in [0, 0.05) is 25.7 Å². The van der Waals surface area contributed by atoms with Crippen LogP contribution in [0.1, 0.15) is 50.0 Å². The number of aliphatic carboxylic acids is 1. The van der Waals surface area contributed by atoms with Gasteiger partial charge in [-0.25, -0.2) is 4.98 Å². The van der Waals surface area contributed by atoms with Crippen molar-refractivity contribution < 1.29 is 19.5 Å². The predicted molar refractivity (Wildman–Crippen MR) is 91.1 cm³/mol. The number of carbonyl (C=O) groups is 3. The van der Waals surface area contributed by atoms with Gasteiger partial charge in [-0.1, -0.05) is 6.07 Å². The highest BCUT2D eigenvalue weighted by Crippen LogP contribution is 2.30. The van der Waals surface area contributed by atoms with Crippen LogP contribution in [0.3, 0.4) is 0 Å². The van der Waals surface area contributed by atoms with E-state index in [1.807, 2.05) is 19.2 Å². The van der Waals surface area contributed by atoms with Crippen LogP contribution in [0, 0.1) is 5.92 Å². The Morgan fingerprint density at radius 1 is 1.20 bits per heavy atom. The molecule has 0 bridgehead atoms. The molecule has 0 aromatic carbocycles. The summed E-state index contributed by atoms with van der Waals surface area (Å²) in [5, 5.41) is 11.5. The minimum absolute atomic E-state index is 0.220. The van der Waals surface area contributed by atoms with E-state index in [1.165, 1.54) is 0 Å². The first kappa shape index (κ1) is 17.4. The van der Waals surface area contributed by atoms with Gasteiger partial charge in [0.15, 0.2) is 0 Å². The molecule has 1 aromatic heterocycles. The molecule has 7 heteroatoms. The third-order valence-electron chi connectivity index (χ3n) is 5.37. The topological polar surface area (TPSA) is 99.6 Å². The van der Waals surface area contributed by atoms with Crippen LogP contribution in [0.4, 0.5) is 5.82 Å². The molecule has 134 valence electrons. The molecule has 25 heavy (non-hydrogen) atoms. The zero-order valence-corrected chi connectivity index (χ0v) is 14.3. The number of anilines is 1. The molecule has 0 spiro atoms. The molecule has 0 radical (unpaired) electrons. The highest BCUT2D eigenvalue weighted by molar-refractivity contribution is 6.00. The molecule has 2 amide bonds. The van der Waals surface area contributed by atoms with Crippen LogP contribution in [0.5, 0.6) is 0 Å². The Balaban J connectivity index is 1.63. The van der Waals surface area contributed by atoms with E-state index in [4.69, 9.17) is 5.11 Å². The Morgan fingerprint density at radius 3 is 2.48 bits per heavy atom. The molecule has 1 saturated carbocycles. The van der Waals surface area contributed by atoms with Gasteiger partial charge in [0.2, 0.25) is 11.8 Å². The highest BCUT2D eigenvalue weighted by Gasteiger charge is 2.30. The number of amides is 2. The number of imide groups is 1. The van der Waals surface area contributed by atoms with Crippen LogP contribution in [-0.2, 0) is 14.4 Å². The average molecular weight is 345 g/mol. The standard InChI is InChI=1S/C18H23N3O4/c1-21(13-5-2-11(3-6-13)18(24)25)15-8-4-12(10-19-15)14-7-9-16(22)20-17(14)23/h4,8,10-11,13-14H,2-3,5-7,9H2,1H3,(H,24,25)(H,20,22,23). The fourth-order valence-electron chi connectivity index (χ4n) is 3.72. The molecule has 3 rings (SSSR count). The van der Waals surface area contributed by atoms with Gasteiger partial charge in [0.1, 0.15) is 5.82 Å². The Kier molecular flexibility index (Phi) is 5.01. The number of hydrogen-bond acceptors (Lipinski definition) is 5. The van der Waals surface area contributed by atoms with Gasteiger partial charge >= 0.3 is 5.97 Å². The van der Waals surface area contributed by atoms with Gasteiger partial charge < -0.3 is 10.0 Å². The fourth-order valence-corrected chi connectivity index (χ4v) is 3.72. The van der Waals surface area contributed by atoms with Gasteiger partial charge in [-0.05, 0) is 43.7 Å². The molecule has 2 heterocycles. The van der Waals surface area contributed by atoms with Crippen LogP contribution in [0.15, 0.2) is 18.3 Å². The van der Waals surface area contributed by atoms with Gasteiger partial charge in [-0.15, -0.1) is 0 Å². The summed E-state index contributed by atoms with van der Waals surface area (Å²) in [7, 11) is 1.97. The minimum atomic E-state index is -0.701. The average Bonchev–Trinajstić information content (AvgIpc) is 2.61. The van der Waals surface area contributed by atoms with Crippen molar-refractivity contribution in [1.82, 2.24) is 10.3 Å². The van der Waals surface area contributed by atoms with Crippen molar-refractivity contribution in [3.05, 3.63) is 23.9 Å². The van der Waals surface area contributed by atoms with Crippen molar-refractivity contribution in [3.63, 3.8) is 0 Å². The van der Waals surface area contributed by atoms with E-state index in [-0.39, 0.29) is 29.7 Å². The van der Waals surface area contributed by atoms with Crippen molar-refractivity contribution in [2.75, 3.05) is 11.9 Å². The highest BCUT2D eigenvalue weighted by atomic mass is 16.4. The first-order chi connectivity index (χ1) is 12.0. The molecule has 1 aliphatic heterocycles. The Morgan fingerprint density at radius 2 is 1.92 bits per heavy atom. The number of hydrogen-bond donors (Lipinski definition) is 2. The number of carbonyl (C=O) groups excluding carboxylic acids is 2. The number of aromatic nitrogens is 1. The van der Waals surface area contributed by atoms with Crippen LogP contribution in [0.25, 0.3) is 0 Å². The third kappa shape index (κ3) is 3.81. The number of rotatable bonds is 4. The Hall–Kier alpha value is -2.44. The molecule has 2 N–H and O–H groups in total. The van der Waals surface area contributed by atoms with E-state index < -0.39 is 5.97 Å². The Bertz CT molecular complexity index is 665. The van der Waals surface area contributed by atoms with E-state index >= 15 is 0 Å². The number of nitrogens with zero attached hydrogens (tertiary/aromatic N) is 2. The number of carboxylic acids is 1. The maximum absolute atomic E-state index is 11.9. The van der Waals surface area contributed by atoms with Crippen molar-refractivity contribution in [2.24, 2.45) is 5.92 Å². The number of carboxylic acid groups (broad SMARTS) is 1. The van der Waals surface area contributed by atoms with Crippen LogP contribution < -0.4 is 10.2 Å². The summed E-state index contributed by atoms with van der Waals surface area (Å²) in [5.74, 6) is -0.917. The van der Waals surface area contributed by atoms with E-state index in [0.717, 1.165) is 24.2 Å². The SMILES string of the molecule is CN(c1ccc(C2CCC(=O)NC2=O)cn1)C1CCC(C(=O)O)CC1. The van der Waals surface area contributed by atoms with E-state index in [0.29, 0.717) is 25.7 Å². The molecule has 2 aliphatic rings. The molecular weight excluding hydrogens is 322 g/mol. The zero-order chi connectivity index (χ0) is 18.0. The molecule has 1 aliphatic carbocycles. The fraction of sp³-hybridized carbons (Fsp3) is 0.556. The maximum Gasteiger partial charge on any atom is 0.306 e. The maximum atomic E-state index is 11.9. The van der Waals surface area contributed by atoms with Crippen molar-refractivity contribution in [2.45, 2.75) is 50.5 Å². The van der Waals surface area contributed by atoms with E-state index in [2.05, 4.69) is 15.2 Å². The van der Waals surface area contributed by atoms with Crippen LogP contribution in [-0.4, -0.2) is 41.0 Å². The summed E-state index contributed by atoms with van der Waals surface area (Å²) in [4.78, 5) is 40.8. The molecule has 2 fully saturated rings. The molecule has 7 nitrogen and oxygen atoms in total. The normalized spacial score (nSPS) is 26.8. The smallest absolute Gasteiger partial charge is 0.306 e. The zero-order valence-electron chi connectivity index (χ0n) is 14.3. The molecule has 1 saturated heterocycles.